The minimum absolute atomic E-state index is 0.0978. The number of fused-ring (bicyclic) bond motifs is 3. The van der Waals surface area contributed by atoms with Gasteiger partial charge >= 0.3 is 0 Å². The second kappa shape index (κ2) is 6.37. The number of ether oxygens (including phenoxy) is 2. The summed E-state index contributed by atoms with van der Waals surface area (Å²) in [5.41, 5.74) is 1.01. The number of hydrogen-bond donors (Lipinski definition) is 2. The number of aromatic hydroxyl groups is 2. The van der Waals surface area contributed by atoms with Gasteiger partial charge in [-0.3, -0.25) is 4.79 Å². The second-order valence-corrected chi connectivity index (χ2v) is 9.34. The van der Waals surface area contributed by atoms with Crippen LogP contribution in [0.15, 0.2) is 45.8 Å². The zero-order valence-electron chi connectivity index (χ0n) is 17.9. The van der Waals surface area contributed by atoms with E-state index in [0.29, 0.717) is 34.4 Å². The Hall–Kier alpha value is -3.25. The zero-order valence-corrected chi connectivity index (χ0v) is 17.9. The maximum Gasteiger partial charge on any atom is 0.204 e. The monoisotopic (exact) mass is 420 g/mol. The predicted molar refractivity (Wildman–Crippen MR) is 118 cm³/mol. The molecule has 160 valence electrons. The van der Waals surface area contributed by atoms with E-state index in [1.807, 2.05) is 39.8 Å². The molecule has 6 heteroatoms. The molecule has 1 unspecified atom stereocenters. The summed E-state index contributed by atoms with van der Waals surface area (Å²) in [6.45, 7) is 7.81. The van der Waals surface area contributed by atoms with Crippen molar-refractivity contribution in [1.82, 2.24) is 0 Å². The fraction of sp³-hybridized carbons (Fsp3) is 0.320. The van der Waals surface area contributed by atoms with Gasteiger partial charge in [0.1, 0.15) is 34.5 Å². The molecule has 0 saturated carbocycles. The van der Waals surface area contributed by atoms with Crippen molar-refractivity contribution in [2.75, 3.05) is 0 Å². The molecule has 3 heterocycles. The molecule has 0 spiro atoms. The van der Waals surface area contributed by atoms with Crippen molar-refractivity contribution >= 4 is 17.0 Å². The predicted octanol–water partition coefficient (Wildman–Crippen LogP) is 5.30. The summed E-state index contributed by atoms with van der Waals surface area (Å²) in [7, 11) is 0. The number of phenolic OH excluding ortho intramolecular Hbond substituents is 2. The van der Waals surface area contributed by atoms with Crippen molar-refractivity contribution in [3.63, 3.8) is 0 Å². The molecule has 31 heavy (non-hydrogen) atoms. The van der Waals surface area contributed by atoms with Crippen molar-refractivity contribution in [2.24, 2.45) is 0 Å². The highest BCUT2D eigenvalue weighted by atomic mass is 16.5. The van der Waals surface area contributed by atoms with Crippen LogP contribution in [0.1, 0.15) is 51.3 Å². The van der Waals surface area contributed by atoms with E-state index in [-0.39, 0.29) is 39.6 Å². The molecule has 0 amide bonds. The minimum atomic E-state index is -0.576. The highest BCUT2D eigenvalue weighted by Crippen LogP contribution is 2.53. The summed E-state index contributed by atoms with van der Waals surface area (Å²) >= 11 is 0. The maximum absolute atomic E-state index is 13.5. The Morgan fingerprint density at radius 2 is 1.74 bits per heavy atom. The van der Waals surface area contributed by atoms with Crippen LogP contribution in [-0.4, -0.2) is 21.4 Å². The SMILES string of the molecule is CC1(C)C=Cc2c(c(C3CC(C)(C)O3)c(O)c3c(=O)c(-c4ccc(O)cc4)coc23)O1. The molecule has 1 saturated heterocycles. The molecule has 0 aliphatic carbocycles. The summed E-state index contributed by atoms with van der Waals surface area (Å²) in [6.07, 6.45) is 5.46. The third-order valence-electron chi connectivity index (χ3n) is 5.87. The molecule has 0 radical (unpaired) electrons. The van der Waals surface area contributed by atoms with Crippen LogP contribution in [0, 0.1) is 0 Å². The first-order chi connectivity index (χ1) is 14.6. The van der Waals surface area contributed by atoms with Gasteiger partial charge in [0.15, 0.2) is 5.58 Å². The van der Waals surface area contributed by atoms with E-state index in [2.05, 4.69) is 0 Å². The summed E-state index contributed by atoms with van der Waals surface area (Å²) in [4.78, 5) is 13.5. The third-order valence-corrected chi connectivity index (χ3v) is 5.87. The molecule has 5 rings (SSSR count). The Morgan fingerprint density at radius 1 is 1.06 bits per heavy atom. The summed E-state index contributed by atoms with van der Waals surface area (Å²) in [5.74, 6) is 0.413. The van der Waals surface area contributed by atoms with Gasteiger partial charge in [0.05, 0.1) is 28.4 Å². The van der Waals surface area contributed by atoms with Crippen molar-refractivity contribution in [2.45, 2.75) is 51.4 Å². The molecule has 2 aromatic carbocycles. The highest BCUT2D eigenvalue weighted by Gasteiger charge is 2.43. The van der Waals surface area contributed by atoms with Crippen molar-refractivity contribution in [1.29, 1.82) is 0 Å². The smallest absolute Gasteiger partial charge is 0.204 e. The first kappa shape index (κ1) is 19.7. The summed E-state index contributed by atoms with van der Waals surface area (Å²) in [6, 6.07) is 6.26. The molecule has 3 aromatic rings. The van der Waals surface area contributed by atoms with Crippen molar-refractivity contribution in [3.8, 4) is 28.4 Å². The lowest BCUT2D eigenvalue weighted by atomic mass is 9.85. The molecular formula is C25H24O6. The van der Waals surface area contributed by atoms with E-state index >= 15 is 0 Å². The molecule has 2 aliphatic heterocycles. The summed E-state index contributed by atoms with van der Waals surface area (Å²) < 4.78 is 18.1. The van der Waals surface area contributed by atoms with Gasteiger partial charge in [-0.25, -0.2) is 0 Å². The van der Waals surface area contributed by atoms with E-state index in [4.69, 9.17) is 13.9 Å². The van der Waals surface area contributed by atoms with Gasteiger partial charge in [0, 0.05) is 6.42 Å². The number of phenols is 2. The Morgan fingerprint density at radius 3 is 2.39 bits per heavy atom. The number of rotatable bonds is 2. The third kappa shape index (κ3) is 3.10. The lowest BCUT2D eigenvalue weighted by Gasteiger charge is -2.44. The molecule has 0 bridgehead atoms. The second-order valence-electron chi connectivity index (χ2n) is 9.34. The first-order valence-corrected chi connectivity index (χ1v) is 10.3. The van der Waals surface area contributed by atoms with Crippen molar-refractivity contribution in [3.05, 3.63) is 58.0 Å². The van der Waals surface area contributed by atoms with E-state index in [1.165, 1.54) is 18.4 Å². The average molecular weight is 420 g/mol. The van der Waals surface area contributed by atoms with Crippen LogP contribution in [0.5, 0.6) is 17.2 Å². The van der Waals surface area contributed by atoms with Gasteiger partial charge in [0.25, 0.3) is 0 Å². The Labute approximate surface area is 179 Å². The molecule has 1 fully saturated rings. The largest absolute Gasteiger partial charge is 0.508 e. The van der Waals surface area contributed by atoms with E-state index in [1.54, 1.807) is 12.1 Å². The highest BCUT2D eigenvalue weighted by molar-refractivity contribution is 5.97. The normalized spacial score (nSPS) is 20.7. The van der Waals surface area contributed by atoms with Gasteiger partial charge in [-0.1, -0.05) is 12.1 Å². The molecular weight excluding hydrogens is 396 g/mol. The lowest BCUT2D eigenvalue weighted by molar-refractivity contribution is -0.189. The van der Waals surface area contributed by atoms with Crippen LogP contribution in [0.3, 0.4) is 0 Å². The molecule has 6 nitrogen and oxygen atoms in total. The Bertz CT molecular complexity index is 1290. The van der Waals surface area contributed by atoms with E-state index in [0.717, 1.165) is 0 Å². The zero-order chi connectivity index (χ0) is 22.1. The van der Waals surface area contributed by atoms with Crippen LogP contribution in [0.25, 0.3) is 28.2 Å². The number of hydrogen-bond acceptors (Lipinski definition) is 6. The van der Waals surface area contributed by atoms with Gasteiger partial charge in [-0.2, -0.15) is 0 Å². The van der Waals surface area contributed by atoms with Gasteiger partial charge in [0.2, 0.25) is 5.43 Å². The van der Waals surface area contributed by atoms with E-state index < -0.39 is 5.60 Å². The standard InChI is InChI=1S/C25H24O6/c1-24(2)10-9-15-22-19(20(27)16(12-29-22)13-5-7-14(26)8-6-13)21(28)18(23(15)31-24)17-11-25(3,4)30-17/h5-10,12,17,26,28H,11H2,1-4H3. The van der Waals surface area contributed by atoms with Crippen molar-refractivity contribution < 1.29 is 24.1 Å². The lowest BCUT2D eigenvalue weighted by Crippen LogP contribution is -2.40. The Balaban J connectivity index is 1.80. The summed E-state index contributed by atoms with van der Waals surface area (Å²) in [5, 5.41) is 21.0. The quantitative estimate of drug-likeness (QED) is 0.585. The van der Waals surface area contributed by atoms with Crippen LogP contribution < -0.4 is 10.2 Å². The van der Waals surface area contributed by atoms with E-state index in [9.17, 15) is 15.0 Å². The van der Waals surface area contributed by atoms with Crippen LogP contribution in [0.4, 0.5) is 0 Å². The fourth-order valence-corrected chi connectivity index (χ4v) is 4.34. The molecule has 2 aliphatic rings. The minimum Gasteiger partial charge on any atom is -0.508 e. The van der Waals surface area contributed by atoms with Gasteiger partial charge in [-0.15, -0.1) is 0 Å². The maximum atomic E-state index is 13.5. The molecule has 1 atom stereocenters. The fourth-order valence-electron chi connectivity index (χ4n) is 4.34. The van der Waals surface area contributed by atoms with Gasteiger partial charge < -0.3 is 24.1 Å². The van der Waals surface area contributed by atoms with Crippen LogP contribution in [0.2, 0.25) is 0 Å². The average Bonchev–Trinajstić information content (AvgIpc) is 2.66. The number of benzene rings is 2. The van der Waals surface area contributed by atoms with Crippen LogP contribution in [-0.2, 0) is 4.74 Å². The topological polar surface area (TPSA) is 89.1 Å². The Kier molecular flexibility index (Phi) is 4.05. The van der Waals surface area contributed by atoms with Gasteiger partial charge in [-0.05, 0) is 57.5 Å². The first-order valence-electron chi connectivity index (χ1n) is 10.3. The molecule has 1 aromatic heterocycles. The van der Waals surface area contributed by atoms with Crippen LogP contribution >= 0.6 is 0 Å². The molecule has 2 N–H and O–H groups in total.